The van der Waals surface area contributed by atoms with Crippen molar-refractivity contribution in [1.29, 1.82) is 0 Å². The zero-order chi connectivity index (χ0) is 11.8. The van der Waals surface area contributed by atoms with E-state index in [1.165, 1.54) is 0 Å². The molecule has 0 aromatic rings. The van der Waals surface area contributed by atoms with Crippen LogP contribution in [-0.4, -0.2) is 51.7 Å². The van der Waals surface area contributed by atoms with Gasteiger partial charge in [0, 0.05) is 0 Å². The maximum absolute atomic E-state index is 10.1. The van der Waals surface area contributed by atoms with Crippen molar-refractivity contribution in [3.8, 4) is 0 Å². The molecule has 5 N–H and O–H groups in total. The first-order chi connectivity index (χ1) is 6.24. The van der Waals surface area contributed by atoms with Crippen LogP contribution in [0.15, 0.2) is 0 Å². The number of hydrogen-bond donors (Lipinski definition) is 5. The summed E-state index contributed by atoms with van der Waals surface area (Å²) in [5.74, 6) is 0. The Morgan fingerprint density at radius 2 is 1.07 bits per heavy atom. The molecule has 0 radical (unpaired) electrons. The summed E-state index contributed by atoms with van der Waals surface area (Å²) in [5.41, 5.74) is -1.11. The van der Waals surface area contributed by atoms with Gasteiger partial charge in [-0.1, -0.05) is 0 Å². The Morgan fingerprint density at radius 3 is 1.07 bits per heavy atom. The molecule has 0 unspecified atom stereocenters. The molecule has 0 heterocycles. The third kappa shape index (κ3) is 9.97. The second-order valence-electron chi connectivity index (χ2n) is 2.57. The van der Waals surface area contributed by atoms with E-state index in [9.17, 15) is 8.39 Å². The molecule has 9 heteroatoms. The van der Waals surface area contributed by atoms with Gasteiger partial charge in [0.2, 0.25) is 0 Å². The second kappa shape index (κ2) is 7.22. The standard InChI is InChI=1S/C5H12O4.F2HO2P/c6-1-5(2-7,3-8)4-9;1-5(2,3)4/h6-9H,1-4H2;(H,3,4). The molecule has 14 heavy (non-hydrogen) atoms. The number of aliphatic hydroxyl groups is 4. The summed E-state index contributed by atoms with van der Waals surface area (Å²) in [4.78, 5) is 6.74. The van der Waals surface area contributed by atoms with Crippen LogP contribution in [0.5, 0.6) is 0 Å². The van der Waals surface area contributed by atoms with E-state index in [1.807, 2.05) is 0 Å². The van der Waals surface area contributed by atoms with E-state index in [1.54, 1.807) is 0 Å². The van der Waals surface area contributed by atoms with Gasteiger partial charge in [0.1, 0.15) is 0 Å². The number of hydrogen-bond acceptors (Lipinski definition) is 5. The van der Waals surface area contributed by atoms with Gasteiger partial charge in [0.05, 0.1) is 31.8 Å². The van der Waals surface area contributed by atoms with Gasteiger partial charge in [-0.05, 0) is 0 Å². The lowest BCUT2D eigenvalue weighted by Crippen LogP contribution is -2.37. The third-order valence-electron chi connectivity index (χ3n) is 1.34. The summed E-state index contributed by atoms with van der Waals surface area (Å²) in [5, 5.41) is 34.0. The second-order valence-corrected chi connectivity index (χ2v) is 3.44. The summed E-state index contributed by atoms with van der Waals surface area (Å²) in [6.45, 7) is -1.62. The normalized spacial score (nSPS) is 11.9. The molecule has 88 valence electrons. The summed E-state index contributed by atoms with van der Waals surface area (Å²) < 4.78 is 28.7. The van der Waals surface area contributed by atoms with Gasteiger partial charge in [-0.25, -0.2) is 4.57 Å². The molecule has 0 aromatic carbocycles. The van der Waals surface area contributed by atoms with Crippen molar-refractivity contribution >= 4 is 7.99 Å². The highest BCUT2D eigenvalue weighted by molar-refractivity contribution is 7.46. The summed E-state index contributed by atoms with van der Waals surface area (Å²) >= 11 is 0. The van der Waals surface area contributed by atoms with Crippen molar-refractivity contribution in [2.75, 3.05) is 26.4 Å². The minimum absolute atomic E-state index is 0.406. The Bertz CT molecular complexity index is 153. The molecule has 0 aromatic heterocycles. The zero-order valence-corrected chi connectivity index (χ0v) is 8.07. The average molecular weight is 238 g/mol. The molecule has 0 atom stereocenters. The lowest BCUT2D eigenvalue weighted by Gasteiger charge is -2.23. The van der Waals surface area contributed by atoms with Crippen molar-refractivity contribution < 1.29 is 38.3 Å². The maximum Gasteiger partial charge on any atom is 0.549 e. The third-order valence-corrected chi connectivity index (χ3v) is 1.34. The topological polar surface area (TPSA) is 118 Å². The fourth-order valence-corrected chi connectivity index (χ4v) is 0.300. The largest absolute Gasteiger partial charge is 0.549 e. The molecule has 0 amide bonds. The first-order valence-electron chi connectivity index (χ1n) is 3.40. The highest BCUT2D eigenvalue weighted by Crippen LogP contribution is 2.43. The minimum atomic E-state index is -5.64. The highest BCUT2D eigenvalue weighted by Gasteiger charge is 2.26. The van der Waals surface area contributed by atoms with Crippen LogP contribution in [0.3, 0.4) is 0 Å². The van der Waals surface area contributed by atoms with E-state index in [-0.39, 0.29) is 0 Å². The van der Waals surface area contributed by atoms with Crippen LogP contribution in [0.1, 0.15) is 0 Å². The average Bonchev–Trinajstić information content (AvgIpc) is 2.07. The summed E-state index contributed by atoms with van der Waals surface area (Å²) in [6, 6.07) is 0. The number of aliphatic hydroxyl groups excluding tert-OH is 4. The van der Waals surface area contributed by atoms with Crippen LogP contribution < -0.4 is 0 Å². The molecule has 0 aliphatic carbocycles. The predicted octanol–water partition coefficient (Wildman–Crippen LogP) is -1.03. The Labute approximate surface area is 79.1 Å². The molecule has 0 saturated carbocycles. The molecule has 0 spiro atoms. The van der Waals surface area contributed by atoms with Gasteiger partial charge >= 0.3 is 7.99 Å². The maximum atomic E-state index is 10.1. The van der Waals surface area contributed by atoms with Gasteiger partial charge in [-0.2, -0.15) is 0 Å². The van der Waals surface area contributed by atoms with Gasteiger partial charge < -0.3 is 20.4 Å². The first-order valence-corrected chi connectivity index (χ1v) is 4.84. The number of halogens is 2. The number of rotatable bonds is 4. The SMILES string of the molecule is O=P(O)(F)F.OCC(CO)(CO)CO. The Morgan fingerprint density at radius 1 is 0.929 bits per heavy atom. The van der Waals surface area contributed by atoms with E-state index < -0.39 is 39.8 Å². The molecule has 0 fully saturated rings. The lowest BCUT2D eigenvalue weighted by molar-refractivity contribution is -0.0328. The molecule has 0 saturated heterocycles. The van der Waals surface area contributed by atoms with Crippen LogP contribution in [0.2, 0.25) is 0 Å². The van der Waals surface area contributed by atoms with Gasteiger partial charge in [0.15, 0.2) is 0 Å². The lowest BCUT2D eigenvalue weighted by atomic mass is 9.93. The fraction of sp³-hybridized carbons (Fsp3) is 1.00. The van der Waals surface area contributed by atoms with E-state index >= 15 is 0 Å². The van der Waals surface area contributed by atoms with E-state index in [0.29, 0.717) is 0 Å². The fourth-order valence-electron chi connectivity index (χ4n) is 0.300. The van der Waals surface area contributed by atoms with E-state index in [0.717, 1.165) is 0 Å². The van der Waals surface area contributed by atoms with Gasteiger partial charge in [-0.15, -0.1) is 8.39 Å². The molecule has 0 aliphatic rings. The van der Waals surface area contributed by atoms with Crippen LogP contribution in [0.4, 0.5) is 8.39 Å². The van der Waals surface area contributed by atoms with Crippen molar-refractivity contribution in [2.45, 2.75) is 0 Å². The van der Waals surface area contributed by atoms with Crippen molar-refractivity contribution in [3.05, 3.63) is 0 Å². The van der Waals surface area contributed by atoms with Crippen molar-refractivity contribution in [2.24, 2.45) is 5.41 Å². The van der Waals surface area contributed by atoms with Gasteiger partial charge in [-0.3, -0.25) is 4.89 Å². The predicted molar refractivity (Wildman–Crippen MR) is 42.8 cm³/mol. The highest BCUT2D eigenvalue weighted by atomic mass is 31.2. The molecule has 0 rings (SSSR count). The minimum Gasteiger partial charge on any atom is -0.396 e. The molecular weight excluding hydrogens is 225 g/mol. The Kier molecular flexibility index (Phi) is 8.42. The molecule has 6 nitrogen and oxygen atoms in total. The Balaban J connectivity index is 0. The monoisotopic (exact) mass is 238 g/mol. The van der Waals surface area contributed by atoms with Gasteiger partial charge in [0.25, 0.3) is 0 Å². The molecule has 0 aliphatic heterocycles. The van der Waals surface area contributed by atoms with Crippen molar-refractivity contribution in [3.63, 3.8) is 0 Å². The van der Waals surface area contributed by atoms with Crippen LogP contribution in [0.25, 0.3) is 0 Å². The quantitative estimate of drug-likeness (QED) is 0.399. The Hall–Kier alpha value is -0.110. The zero-order valence-electron chi connectivity index (χ0n) is 7.18. The molecule has 0 bridgehead atoms. The van der Waals surface area contributed by atoms with Crippen LogP contribution >= 0.6 is 7.99 Å². The molecular formula is C5H13F2O6P. The van der Waals surface area contributed by atoms with Crippen LogP contribution in [-0.2, 0) is 4.57 Å². The van der Waals surface area contributed by atoms with E-state index in [2.05, 4.69) is 0 Å². The smallest absolute Gasteiger partial charge is 0.396 e. The summed E-state index contributed by atoms with van der Waals surface area (Å²) in [6.07, 6.45) is 0. The van der Waals surface area contributed by atoms with Crippen LogP contribution in [0, 0.1) is 5.41 Å². The summed E-state index contributed by atoms with van der Waals surface area (Å²) in [7, 11) is -5.64. The van der Waals surface area contributed by atoms with E-state index in [4.69, 9.17) is 29.9 Å². The van der Waals surface area contributed by atoms with Crippen molar-refractivity contribution in [1.82, 2.24) is 0 Å². The first kappa shape index (κ1) is 16.3.